The van der Waals surface area contributed by atoms with Gasteiger partial charge < -0.3 is 15.8 Å². The molecule has 0 saturated heterocycles. The smallest absolute Gasteiger partial charge is 0.407 e. The number of alkyl carbamates (subject to hydrolysis) is 1. The molecule has 5 nitrogen and oxygen atoms in total. The van der Waals surface area contributed by atoms with Gasteiger partial charge in [0, 0.05) is 23.5 Å². The summed E-state index contributed by atoms with van der Waals surface area (Å²) in [7, 11) is 0. The van der Waals surface area contributed by atoms with Crippen LogP contribution in [0.3, 0.4) is 0 Å². The minimum absolute atomic E-state index is 0.0823. The van der Waals surface area contributed by atoms with Crippen molar-refractivity contribution in [1.29, 1.82) is 0 Å². The molecule has 4 rings (SSSR count). The lowest BCUT2D eigenvalue weighted by Crippen LogP contribution is -2.44. The number of aromatic nitrogens is 1. The topological polar surface area (TPSA) is 77.2 Å². The van der Waals surface area contributed by atoms with E-state index in [4.69, 9.17) is 15.5 Å². The number of hydrogen-bond acceptors (Lipinski definition) is 4. The van der Waals surface area contributed by atoms with Crippen molar-refractivity contribution in [3.05, 3.63) is 78.1 Å². The summed E-state index contributed by atoms with van der Waals surface area (Å²) in [5.41, 5.74) is 8.92. The van der Waals surface area contributed by atoms with Crippen molar-refractivity contribution in [3.8, 4) is 0 Å². The number of nitrogens with zero attached hydrogens (tertiary/aromatic N) is 1. The number of carbonyl (C=O) groups is 1. The van der Waals surface area contributed by atoms with E-state index in [1.807, 2.05) is 37.4 Å². The van der Waals surface area contributed by atoms with Gasteiger partial charge in [-0.1, -0.05) is 54.6 Å². The number of rotatable bonds is 5. The van der Waals surface area contributed by atoms with Crippen molar-refractivity contribution in [2.75, 3.05) is 6.54 Å². The number of fused-ring (bicyclic) bond motifs is 1. The lowest BCUT2D eigenvalue weighted by Gasteiger charge is -2.44. The number of pyridine rings is 1. The molecular weight excluding hydrogens is 374 g/mol. The predicted octanol–water partition coefficient (Wildman–Crippen LogP) is 4.86. The third kappa shape index (κ3) is 3.90. The molecule has 3 N–H and O–H groups in total. The standard InChI is InChI=1S/C25H29N3O2/c1-2-27-24(29)30-20-12-15-25(16-13-20,19-9-4-3-5-10-19)23(26)22-21-11-7-6-8-18(21)14-17-28-22/h3-11,14,17,20,23H,2,12-13,15-16,26H2,1H3,(H,27,29). The molecule has 1 aliphatic carbocycles. The minimum atomic E-state index is -0.338. The summed E-state index contributed by atoms with van der Waals surface area (Å²) < 4.78 is 5.61. The third-order valence-corrected chi connectivity index (χ3v) is 6.36. The Morgan fingerprint density at radius 2 is 1.83 bits per heavy atom. The molecule has 156 valence electrons. The van der Waals surface area contributed by atoms with E-state index in [9.17, 15) is 4.79 Å². The Hall–Kier alpha value is -2.92. The zero-order valence-corrected chi connectivity index (χ0v) is 17.4. The fourth-order valence-corrected chi connectivity index (χ4v) is 4.76. The maximum absolute atomic E-state index is 11.9. The second-order valence-corrected chi connectivity index (χ2v) is 8.05. The molecule has 1 atom stereocenters. The second kappa shape index (κ2) is 8.84. The average molecular weight is 404 g/mol. The van der Waals surface area contributed by atoms with Gasteiger partial charge in [-0.25, -0.2) is 4.79 Å². The number of amides is 1. The highest BCUT2D eigenvalue weighted by Crippen LogP contribution is 2.48. The molecule has 30 heavy (non-hydrogen) atoms. The van der Waals surface area contributed by atoms with Crippen molar-refractivity contribution < 1.29 is 9.53 Å². The first-order valence-electron chi connectivity index (χ1n) is 10.7. The Morgan fingerprint density at radius 1 is 1.13 bits per heavy atom. The van der Waals surface area contributed by atoms with E-state index in [-0.39, 0.29) is 23.7 Å². The van der Waals surface area contributed by atoms with Gasteiger partial charge in [-0.15, -0.1) is 0 Å². The van der Waals surface area contributed by atoms with Gasteiger partial charge in [0.05, 0.1) is 11.7 Å². The van der Waals surface area contributed by atoms with Crippen LogP contribution in [0, 0.1) is 0 Å². The Bertz CT molecular complexity index is 992. The van der Waals surface area contributed by atoms with Crippen LogP contribution in [0.4, 0.5) is 4.79 Å². The Morgan fingerprint density at radius 3 is 2.57 bits per heavy atom. The lowest BCUT2D eigenvalue weighted by atomic mass is 9.63. The Kier molecular flexibility index (Phi) is 6.00. The first-order chi connectivity index (χ1) is 14.6. The van der Waals surface area contributed by atoms with Crippen molar-refractivity contribution in [1.82, 2.24) is 10.3 Å². The summed E-state index contributed by atoms with van der Waals surface area (Å²) >= 11 is 0. The van der Waals surface area contributed by atoms with Crippen LogP contribution in [0.5, 0.6) is 0 Å². The number of ether oxygens (including phenoxy) is 1. The third-order valence-electron chi connectivity index (χ3n) is 6.36. The normalized spacial score (nSPS) is 22.4. The van der Waals surface area contributed by atoms with E-state index < -0.39 is 0 Å². The SMILES string of the molecule is CCNC(=O)OC1CCC(c2ccccc2)(C(N)c2nccc3ccccc23)CC1. The van der Waals surface area contributed by atoms with Crippen LogP contribution in [0.25, 0.3) is 10.8 Å². The maximum atomic E-state index is 11.9. The zero-order chi connectivity index (χ0) is 21.0. The van der Waals surface area contributed by atoms with Crippen LogP contribution in [-0.2, 0) is 10.2 Å². The van der Waals surface area contributed by atoms with E-state index in [0.29, 0.717) is 6.54 Å². The fraction of sp³-hybridized carbons (Fsp3) is 0.360. The van der Waals surface area contributed by atoms with Gasteiger partial charge in [0.1, 0.15) is 6.10 Å². The molecule has 1 aliphatic rings. The highest BCUT2D eigenvalue weighted by molar-refractivity contribution is 5.84. The first kappa shape index (κ1) is 20.4. The van der Waals surface area contributed by atoms with Gasteiger partial charge >= 0.3 is 6.09 Å². The number of nitrogens with one attached hydrogen (secondary N) is 1. The maximum Gasteiger partial charge on any atom is 0.407 e. The molecule has 0 radical (unpaired) electrons. The quantitative estimate of drug-likeness (QED) is 0.638. The molecule has 0 bridgehead atoms. The van der Waals surface area contributed by atoms with E-state index >= 15 is 0 Å². The largest absolute Gasteiger partial charge is 0.446 e. The lowest BCUT2D eigenvalue weighted by molar-refractivity contribution is 0.0520. The summed E-state index contributed by atoms with van der Waals surface area (Å²) in [5, 5.41) is 4.97. The summed E-state index contributed by atoms with van der Waals surface area (Å²) in [6.07, 6.45) is 4.67. The Labute approximate surface area is 177 Å². The molecule has 1 fully saturated rings. The van der Waals surface area contributed by atoms with Crippen molar-refractivity contribution in [2.45, 2.75) is 50.2 Å². The minimum Gasteiger partial charge on any atom is -0.446 e. The Balaban J connectivity index is 1.67. The van der Waals surface area contributed by atoms with E-state index in [0.717, 1.165) is 42.1 Å². The van der Waals surface area contributed by atoms with Crippen molar-refractivity contribution in [2.24, 2.45) is 5.73 Å². The number of benzene rings is 2. The van der Waals surface area contributed by atoms with Gasteiger partial charge in [-0.05, 0) is 49.6 Å². The van der Waals surface area contributed by atoms with E-state index in [2.05, 4.69) is 41.7 Å². The molecule has 1 saturated carbocycles. The van der Waals surface area contributed by atoms with Crippen LogP contribution in [0.1, 0.15) is 49.9 Å². The van der Waals surface area contributed by atoms with Gasteiger partial charge in [0.15, 0.2) is 0 Å². The molecule has 1 heterocycles. The van der Waals surface area contributed by atoms with E-state index in [1.54, 1.807) is 0 Å². The molecule has 1 aromatic heterocycles. The number of hydrogen-bond donors (Lipinski definition) is 2. The average Bonchev–Trinajstić information content (AvgIpc) is 2.79. The molecule has 3 aromatic rings. The molecule has 1 unspecified atom stereocenters. The molecule has 1 amide bonds. The van der Waals surface area contributed by atoms with Gasteiger partial charge in [0.25, 0.3) is 0 Å². The van der Waals surface area contributed by atoms with E-state index in [1.165, 1.54) is 5.56 Å². The number of carbonyl (C=O) groups excluding carboxylic acids is 1. The molecule has 2 aromatic carbocycles. The van der Waals surface area contributed by atoms with Crippen LogP contribution >= 0.6 is 0 Å². The van der Waals surface area contributed by atoms with Crippen LogP contribution < -0.4 is 11.1 Å². The second-order valence-electron chi connectivity index (χ2n) is 8.05. The summed E-state index contributed by atoms with van der Waals surface area (Å²) in [6, 6.07) is 20.5. The highest BCUT2D eigenvalue weighted by atomic mass is 16.6. The summed E-state index contributed by atoms with van der Waals surface area (Å²) in [6.45, 7) is 2.45. The molecule has 0 spiro atoms. The van der Waals surface area contributed by atoms with Gasteiger partial charge in [0.2, 0.25) is 0 Å². The zero-order valence-electron chi connectivity index (χ0n) is 17.4. The monoisotopic (exact) mass is 403 g/mol. The summed E-state index contributed by atoms with van der Waals surface area (Å²) in [4.78, 5) is 16.6. The molecule has 5 heteroatoms. The predicted molar refractivity (Wildman–Crippen MR) is 119 cm³/mol. The molecule has 0 aliphatic heterocycles. The fourth-order valence-electron chi connectivity index (χ4n) is 4.76. The van der Waals surface area contributed by atoms with Crippen LogP contribution in [0.15, 0.2) is 66.9 Å². The van der Waals surface area contributed by atoms with Gasteiger partial charge in [-0.2, -0.15) is 0 Å². The van der Waals surface area contributed by atoms with Gasteiger partial charge in [-0.3, -0.25) is 4.98 Å². The summed E-state index contributed by atoms with van der Waals surface area (Å²) in [5.74, 6) is 0. The van der Waals surface area contributed by atoms with Crippen LogP contribution in [-0.4, -0.2) is 23.7 Å². The number of nitrogens with two attached hydrogens (primary N) is 1. The highest BCUT2D eigenvalue weighted by Gasteiger charge is 2.44. The molecular formula is C25H29N3O2. The van der Waals surface area contributed by atoms with Crippen molar-refractivity contribution in [3.63, 3.8) is 0 Å². The van der Waals surface area contributed by atoms with Crippen LogP contribution in [0.2, 0.25) is 0 Å². The first-order valence-corrected chi connectivity index (χ1v) is 10.7. The van der Waals surface area contributed by atoms with Crippen molar-refractivity contribution >= 4 is 16.9 Å².